The highest BCUT2D eigenvalue weighted by molar-refractivity contribution is 5.78. The van der Waals surface area contributed by atoms with Crippen molar-refractivity contribution in [2.75, 3.05) is 13.2 Å². The van der Waals surface area contributed by atoms with Crippen LogP contribution in [0.3, 0.4) is 0 Å². The molecule has 0 saturated carbocycles. The number of ether oxygens (including phenoxy) is 2. The number of fused-ring (bicyclic) bond motifs is 1. The second kappa shape index (κ2) is 11.2. The number of carbonyl (C=O) groups excluding carboxylic acids is 1. The van der Waals surface area contributed by atoms with E-state index in [2.05, 4.69) is 0 Å². The number of hydrogen-bond donors (Lipinski definition) is 1. The molecule has 36 heavy (non-hydrogen) atoms. The van der Waals surface area contributed by atoms with Crippen molar-refractivity contribution in [1.82, 2.24) is 4.90 Å². The molecule has 0 aromatic heterocycles. The lowest BCUT2D eigenvalue weighted by molar-refractivity contribution is -0.136. The molecule has 0 unspecified atom stereocenters. The van der Waals surface area contributed by atoms with Gasteiger partial charge in [-0.2, -0.15) is 0 Å². The molecular weight excluding hydrogens is 461 g/mol. The highest BCUT2D eigenvalue weighted by Crippen LogP contribution is 2.38. The third-order valence-corrected chi connectivity index (χ3v) is 6.08. The first kappa shape index (κ1) is 25.2. The van der Waals surface area contributed by atoms with E-state index in [9.17, 15) is 19.1 Å². The number of amides is 1. The molecule has 1 amide bonds. The number of nitrogens with zero attached hydrogens (tertiary/aromatic N) is 1. The molecule has 0 radical (unpaired) electrons. The van der Waals surface area contributed by atoms with E-state index >= 15 is 0 Å². The molecule has 7 heteroatoms. The van der Waals surface area contributed by atoms with Gasteiger partial charge in [0.2, 0.25) is 0 Å². The summed E-state index contributed by atoms with van der Waals surface area (Å²) >= 11 is 0. The van der Waals surface area contributed by atoms with Crippen LogP contribution < -0.4 is 4.74 Å². The van der Waals surface area contributed by atoms with Crippen LogP contribution >= 0.6 is 0 Å². The van der Waals surface area contributed by atoms with Crippen LogP contribution in [0.4, 0.5) is 9.18 Å². The Bertz CT molecular complexity index is 1240. The predicted octanol–water partition coefficient (Wildman–Crippen LogP) is 5.85. The average molecular weight is 492 g/mol. The number of carbonyl (C=O) groups is 2. The molecule has 4 rings (SSSR count). The predicted molar refractivity (Wildman–Crippen MR) is 134 cm³/mol. The van der Waals surface area contributed by atoms with E-state index in [1.165, 1.54) is 6.07 Å². The Kier molecular flexibility index (Phi) is 7.88. The molecule has 6 nitrogen and oxygen atoms in total. The number of carboxylic acids is 1. The monoisotopic (exact) mass is 491 g/mol. The summed E-state index contributed by atoms with van der Waals surface area (Å²) < 4.78 is 26.4. The Labute approximate surface area is 210 Å². The number of rotatable bonds is 8. The molecule has 3 aromatic carbocycles. The number of benzene rings is 3. The van der Waals surface area contributed by atoms with Gasteiger partial charge < -0.3 is 19.5 Å². The summed E-state index contributed by atoms with van der Waals surface area (Å²) in [6.07, 6.45) is -0.249. The van der Waals surface area contributed by atoms with Gasteiger partial charge in [0.1, 0.15) is 18.2 Å². The van der Waals surface area contributed by atoms with Crippen LogP contribution in [0.1, 0.15) is 36.1 Å². The van der Waals surface area contributed by atoms with Gasteiger partial charge in [0.25, 0.3) is 0 Å². The minimum absolute atomic E-state index is 0.140. The molecule has 0 spiro atoms. The normalized spacial score (nSPS) is 12.8. The summed E-state index contributed by atoms with van der Waals surface area (Å²) in [5.41, 5.74) is 4.14. The smallest absolute Gasteiger partial charge is 0.410 e. The molecule has 0 atom stereocenters. The maximum Gasteiger partial charge on any atom is 0.410 e. The Balaban J connectivity index is 1.66. The molecule has 0 bridgehead atoms. The van der Waals surface area contributed by atoms with Gasteiger partial charge >= 0.3 is 12.1 Å². The van der Waals surface area contributed by atoms with Crippen molar-refractivity contribution in [2.24, 2.45) is 5.92 Å². The van der Waals surface area contributed by atoms with Gasteiger partial charge in [-0.15, -0.1) is 0 Å². The van der Waals surface area contributed by atoms with Gasteiger partial charge in [0.15, 0.2) is 0 Å². The van der Waals surface area contributed by atoms with Crippen molar-refractivity contribution < 1.29 is 28.6 Å². The van der Waals surface area contributed by atoms with Gasteiger partial charge in [-0.1, -0.05) is 56.3 Å². The lowest BCUT2D eigenvalue weighted by Gasteiger charge is -2.30. The largest absolute Gasteiger partial charge is 0.493 e. The average Bonchev–Trinajstić information content (AvgIpc) is 2.86. The lowest BCUT2D eigenvalue weighted by Crippen LogP contribution is -2.37. The molecule has 1 aliphatic heterocycles. The van der Waals surface area contributed by atoms with Crippen LogP contribution in [0.25, 0.3) is 11.1 Å². The third kappa shape index (κ3) is 6.03. The first-order chi connectivity index (χ1) is 17.3. The summed E-state index contributed by atoms with van der Waals surface area (Å²) in [6.45, 7) is 5.24. The molecule has 188 valence electrons. The Morgan fingerprint density at radius 2 is 1.78 bits per heavy atom. The second-order valence-corrected chi connectivity index (χ2v) is 9.37. The summed E-state index contributed by atoms with van der Waals surface area (Å²) in [5, 5.41) is 9.29. The van der Waals surface area contributed by atoms with E-state index in [0.29, 0.717) is 47.6 Å². The van der Waals surface area contributed by atoms with Crippen molar-refractivity contribution in [3.63, 3.8) is 0 Å². The summed E-state index contributed by atoms with van der Waals surface area (Å²) in [6, 6.07) is 17.8. The molecule has 0 fully saturated rings. The Morgan fingerprint density at radius 1 is 1.00 bits per heavy atom. The topological polar surface area (TPSA) is 76.1 Å². The van der Waals surface area contributed by atoms with Crippen LogP contribution in [0.2, 0.25) is 0 Å². The van der Waals surface area contributed by atoms with Gasteiger partial charge in [0.05, 0.1) is 13.0 Å². The van der Waals surface area contributed by atoms with E-state index in [1.54, 1.807) is 29.2 Å². The van der Waals surface area contributed by atoms with Crippen LogP contribution in [-0.2, 0) is 35.5 Å². The quantitative estimate of drug-likeness (QED) is 0.428. The van der Waals surface area contributed by atoms with Crippen molar-refractivity contribution in [1.29, 1.82) is 0 Å². The zero-order valence-electron chi connectivity index (χ0n) is 20.5. The minimum atomic E-state index is -0.940. The number of carboxylic acid groups (broad SMARTS) is 1. The van der Waals surface area contributed by atoms with Crippen molar-refractivity contribution in [3.8, 4) is 16.9 Å². The van der Waals surface area contributed by atoms with Crippen LogP contribution in [0, 0.1) is 11.7 Å². The fraction of sp³-hybridized carbons (Fsp3) is 0.310. The Morgan fingerprint density at radius 3 is 2.50 bits per heavy atom. The van der Waals surface area contributed by atoms with E-state index < -0.39 is 12.1 Å². The van der Waals surface area contributed by atoms with Crippen LogP contribution in [-0.4, -0.2) is 35.2 Å². The highest BCUT2D eigenvalue weighted by atomic mass is 19.1. The number of halogens is 1. The highest BCUT2D eigenvalue weighted by Gasteiger charge is 2.27. The van der Waals surface area contributed by atoms with Gasteiger partial charge in [0, 0.05) is 18.7 Å². The minimum Gasteiger partial charge on any atom is -0.493 e. The van der Waals surface area contributed by atoms with Crippen molar-refractivity contribution in [2.45, 2.75) is 39.8 Å². The maximum absolute atomic E-state index is 14.8. The molecule has 1 heterocycles. The standard InChI is InChI=1S/C29H30FNO5/c1-19(2)17-35-27-11-8-21(15-28(32)33)14-24(27)22-9-10-26(30)23-12-13-31(16-25(22)23)29(34)36-18-20-6-4-3-5-7-20/h3-11,14,19H,12-13,15-18H2,1-2H3,(H,32,33). The molecule has 1 N–H and O–H groups in total. The zero-order chi connectivity index (χ0) is 25.7. The van der Waals surface area contributed by atoms with Crippen LogP contribution in [0.15, 0.2) is 60.7 Å². The van der Waals surface area contributed by atoms with E-state index in [-0.39, 0.29) is 31.3 Å². The lowest BCUT2D eigenvalue weighted by atomic mass is 9.89. The van der Waals surface area contributed by atoms with Gasteiger partial charge in [-0.25, -0.2) is 9.18 Å². The number of aliphatic carboxylic acids is 1. The molecular formula is C29H30FNO5. The SMILES string of the molecule is CC(C)COc1ccc(CC(=O)O)cc1-c1ccc(F)c2c1CN(C(=O)OCc1ccccc1)CC2. The van der Waals surface area contributed by atoms with E-state index in [0.717, 1.165) is 11.1 Å². The van der Waals surface area contributed by atoms with Crippen molar-refractivity contribution >= 4 is 12.1 Å². The number of hydrogen-bond acceptors (Lipinski definition) is 4. The Hall–Kier alpha value is -3.87. The molecule has 0 aliphatic carbocycles. The fourth-order valence-electron chi connectivity index (χ4n) is 4.31. The van der Waals surface area contributed by atoms with Crippen LogP contribution in [0.5, 0.6) is 5.75 Å². The molecule has 1 aliphatic rings. The maximum atomic E-state index is 14.8. The summed E-state index contributed by atoms with van der Waals surface area (Å²) in [4.78, 5) is 25.8. The van der Waals surface area contributed by atoms with Gasteiger partial charge in [-0.3, -0.25) is 4.79 Å². The first-order valence-corrected chi connectivity index (χ1v) is 12.1. The summed E-state index contributed by atoms with van der Waals surface area (Å²) in [5.74, 6) is -0.383. The van der Waals surface area contributed by atoms with Gasteiger partial charge in [-0.05, 0) is 58.4 Å². The van der Waals surface area contributed by atoms with E-state index in [4.69, 9.17) is 9.47 Å². The molecule has 3 aromatic rings. The third-order valence-electron chi connectivity index (χ3n) is 6.08. The fourth-order valence-corrected chi connectivity index (χ4v) is 4.31. The zero-order valence-corrected chi connectivity index (χ0v) is 20.5. The second-order valence-electron chi connectivity index (χ2n) is 9.37. The summed E-state index contributed by atoms with van der Waals surface area (Å²) in [7, 11) is 0. The van der Waals surface area contributed by atoms with Crippen molar-refractivity contribution in [3.05, 3.63) is 88.7 Å². The van der Waals surface area contributed by atoms with E-state index in [1.807, 2.05) is 44.2 Å². The molecule has 0 saturated heterocycles. The first-order valence-electron chi connectivity index (χ1n) is 12.1.